The molecule has 0 aliphatic carbocycles. The van der Waals surface area contributed by atoms with Crippen LogP contribution in [0.25, 0.3) is 0 Å². The maximum absolute atomic E-state index is 5.07. The summed E-state index contributed by atoms with van der Waals surface area (Å²) in [5, 5.41) is 0. The third kappa shape index (κ3) is 4.67. The second kappa shape index (κ2) is 7.86. The van der Waals surface area contributed by atoms with Crippen molar-refractivity contribution in [3.63, 3.8) is 0 Å². The molecule has 0 aromatic heterocycles. The summed E-state index contributed by atoms with van der Waals surface area (Å²) in [6, 6.07) is 8.85. The maximum atomic E-state index is 5.07. The number of benzene rings is 1. The zero-order valence-electron chi connectivity index (χ0n) is 10.2. The highest BCUT2D eigenvalue weighted by Crippen LogP contribution is 2.28. The van der Waals surface area contributed by atoms with Crippen molar-refractivity contribution in [3.8, 4) is 0 Å². The van der Waals surface area contributed by atoms with Crippen LogP contribution in [0, 0.1) is 0 Å². The maximum Gasteiger partial charge on any atom is 0.0502 e. The van der Waals surface area contributed by atoms with Crippen LogP contribution in [-0.4, -0.2) is 13.7 Å². The van der Waals surface area contributed by atoms with E-state index < -0.39 is 0 Å². The Kier molecular flexibility index (Phi) is 6.74. The van der Waals surface area contributed by atoms with Crippen molar-refractivity contribution in [1.29, 1.82) is 0 Å². The van der Waals surface area contributed by atoms with Crippen LogP contribution in [0.15, 0.2) is 24.3 Å². The van der Waals surface area contributed by atoms with Crippen LogP contribution < -0.4 is 0 Å². The molecule has 1 rings (SSSR count). The Bertz CT molecular complexity index is 281. The molecule has 0 spiro atoms. The Morgan fingerprint density at radius 1 is 1.25 bits per heavy atom. The fourth-order valence-electron chi connectivity index (χ4n) is 1.66. The molecule has 0 aliphatic heterocycles. The van der Waals surface area contributed by atoms with Gasteiger partial charge in [-0.2, -0.15) is 0 Å². The molecule has 2 heteroatoms. The van der Waals surface area contributed by atoms with Gasteiger partial charge < -0.3 is 4.74 Å². The minimum atomic E-state index is 0.504. The summed E-state index contributed by atoms with van der Waals surface area (Å²) >= 11 is 3.74. The summed E-state index contributed by atoms with van der Waals surface area (Å²) in [6.07, 6.45) is 4.75. The molecule has 16 heavy (non-hydrogen) atoms. The van der Waals surface area contributed by atoms with Gasteiger partial charge in [0, 0.05) is 11.9 Å². The summed E-state index contributed by atoms with van der Waals surface area (Å²) in [5.41, 5.74) is 2.73. The van der Waals surface area contributed by atoms with Gasteiger partial charge in [-0.25, -0.2) is 0 Å². The van der Waals surface area contributed by atoms with Crippen LogP contribution in [0.4, 0.5) is 0 Å². The predicted octanol–water partition coefficient (Wildman–Crippen LogP) is 4.50. The van der Waals surface area contributed by atoms with Crippen LogP contribution in [0.2, 0.25) is 0 Å². The average Bonchev–Trinajstić information content (AvgIpc) is 2.34. The number of alkyl halides is 1. The van der Waals surface area contributed by atoms with Gasteiger partial charge in [0.05, 0.1) is 6.61 Å². The standard InChI is InChI=1S/C14H21BrO/c1-3-4-5-14(15)13-8-6-12(7-9-13)10-11-16-2/h6-9,14H,3-5,10-11H2,1-2H3. The SMILES string of the molecule is CCCCC(Br)c1ccc(CCOC)cc1. The molecular weight excluding hydrogens is 264 g/mol. The molecule has 0 heterocycles. The molecule has 0 radical (unpaired) electrons. The van der Waals surface area contributed by atoms with Gasteiger partial charge in [0.15, 0.2) is 0 Å². The summed E-state index contributed by atoms with van der Waals surface area (Å²) in [7, 11) is 1.74. The smallest absolute Gasteiger partial charge is 0.0502 e. The largest absolute Gasteiger partial charge is 0.384 e. The highest BCUT2D eigenvalue weighted by atomic mass is 79.9. The molecule has 1 aromatic rings. The average molecular weight is 285 g/mol. The van der Waals surface area contributed by atoms with E-state index in [2.05, 4.69) is 47.1 Å². The van der Waals surface area contributed by atoms with Crippen molar-refractivity contribution in [2.75, 3.05) is 13.7 Å². The van der Waals surface area contributed by atoms with E-state index in [1.54, 1.807) is 7.11 Å². The lowest BCUT2D eigenvalue weighted by molar-refractivity contribution is 0.202. The van der Waals surface area contributed by atoms with E-state index in [9.17, 15) is 0 Å². The van der Waals surface area contributed by atoms with Gasteiger partial charge in [0.1, 0.15) is 0 Å². The topological polar surface area (TPSA) is 9.23 Å². The monoisotopic (exact) mass is 284 g/mol. The molecule has 0 saturated carbocycles. The molecule has 0 fully saturated rings. The minimum absolute atomic E-state index is 0.504. The van der Waals surface area contributed by atoms with Crippen molar-refractivity contribution in [3.05, 3.63) is 35.4 Å². The summed E-state index contributed by atoms with van der Waals surface area (Å²) in [6.45, 7) is 3.03. The lowest BCUT2D eigenvalue weighted by Crippen LogP contribution is -1.95. The molecule has 0 amide bonds. The molecule has 0 bridgehead atoms. The van der Waals surface area contributed by atoms with Gasteiger partial charge in [-0.1, -0.05) is 60.0 Å². The molecule has 1 aromatic carbocycles. The number of halogens is 1. The van der Waals surface area contributed by atoms with E-state index in [0.717, 1.165) is 13.0 Å². The van der Waals surface area contributed by atoms with Gasteiger partial charge in [-0.05, 0) is 24.0 Å². The highest BCUT2D eigenvalue weighted by Gasteiger charge is 2.06. The number of hydrogen-bond acceptors (Lipinski definition) is 1. The quantitative estimate of drug-likeness (QED) is 0.670. The zero-order valence-corrected chi connectivity index (χ0v) is 11.8. The highest BCUT2D eigenvalue weighted by molar-refractivity contribution is 9.09. The first-order valence-corrected chi connectivity index (χ1v) is 6.91. The van der Waals surface area contributed by atoms with Crippen molar-refractivity contribution in [2.24, 2.45) is 0 Å². The second-order valence-electron chi connectivity index (χ2n) is 4.09. The molecular formula is C14H21BrO. The van der Waals surface area contributed by atoms with Gasteiger partial charge in [-0.3, -0.25) is 0 Å². The number of rotatable bonds is 7. The van der Waals surface area contributed by atoms with Gasteiger partial charge in [0.25, 0.3) is 0 Å². The Morgan fingerprint density at radius 3 is 2.50 bits per heavy atom. The molecule has 1 atom stereocenters. The summed E-state index contributed by atoms with van der Waals surface area (Å²) in [5.74, 6) is 0. The fraction of sp³-hybridized carbons (Fsp3) is 0.571. The van der Waals surface area contributed by atoms with E-state index in [1.807, 2.05) is 0 Å². The third-order valence-electron chi connectivity index (χ3n) is 2.75. The van der Waals surface area contributed by atoms with E-state index >= 15 is 0 Å². The lowest BCUT2D eigenvalue weighted by Gasteiger charge is -2.10. The van der Waals surface area contributed by atoms with Crippen LogP contribution in [-0.2, 0) is 11.2 Å². The minimum Gasteiger partial charge on any atom is -0.384 e. The molecule has 0 aliphatic rings. The number of methoxy groups -OCH3 is 1. The summed E-state index contributed by atoms with van der Waals surface area (Å²) < 4.78 is 5.07. The Morgan fingerprint density at radius 2 is 1.94 bits per heavy atom. The van der Waals surface area contributed by atoms with Crippen LogP contribution >= 0.6 is 15.9 Å². The van der Waals surface area contributed by atoms with Gasteiger partial charge in [-0.15, -0.1) is 0 Å². The molecule has 1 unspecified atom stereocenters. The predicted molar refractivity (Wildman–Crippen MR) is 73.2 cm³/mol. The van der Waals surface area contributed by atoms with Crippen LogP contribution in [0.3, 0.4) is 0 Å². The van der Waals surface area contributed by atoms with Crippen molar-refractivity contribution in [2.45, 2.75) is 37.4 Å². The van der Waals surface area contributed by atoms with E-state index in [1.165, 1.54) is 30.4 Å². The van der Waals surface area contributed by atoms with Crippen LogP contribution in [0.5, 0.6) is 0 Å². The van der Waals surface area contributed by atoms with E-state index in [0.29, 0.717) is 4.83 Å². The number of unbranched alkanes of at least 4 members (excludes halogenated alkanes) is 1. The first-order valence-electron chi connectivity index (χ1n) is 5.99. The normalized spacial score (nSPS) is 12.7. The molecule has 90 valence electrons. The lowest BCUT2D eigenvalue weighted by atomic mass is 10.0. The number of hydrogen-bond donors (Lipinski definition) is 0. The number of ether oxygens (including phenoxy) is 1. The van der Waals surface area contributed by atoms with Crippen molar-refractivity contribution in [1.82, 2.24) is 0 Å². The Hall–Kier alpha value is -0.340. The fourth-order valence-corrected chi connectivity index (χ4v) is 2.29. The van der Waals surface area contributed by atoms with E-state index in [4.69, 9.17) is 4.74 Å². The van der Waals surface area contributed by atoms with Crippen molar-refractivity contribution < 1.29 is 4.74 Å². The first-order chi connectivity index (χ1) is 7.77. The first kappa shape index (κ1) is 13.7. The Balaban J connectivity index is 2.49. The van der Waals surface area contributed by atoms with Gasteiger partial charge >= 0.3 is 0 Å². The van der Waals surface area contributed by atoms with E-state index in [-0.39, 0.29) is 0 Å². The Labute approximate surface area is 107 Å². The third-order valence-corrected chi connectivity index (χ3v) is 3.73. The van der Waals surface area contributed by atoms with Crippen molar-refractivity contribution >= 4 is 15.9 Å². The van der Waals surface area contributed by atoms with Crippen LogP contribution in [0.1, 0.15) is 42.1 Å². The summed E-state index contributed by atoms with van der Waals surface area (Å²) in [4.78, 5) is 0.504. The second-order valence-corrected chi connectivity index (χ2v) is 5.20. The molecule has 0 N–H and O–H groups in total. The zero-order chi connectivity index (χ0) is 11.8. The molecule has 1 nitrogen and oxygen atoms in total. The van der Waals surface area contributed by atoms with Gasteiger partial charge in [0.2, 0.25) is 0 Å². The molecule has 0 saturated heterocycles.